The molecule has 0 aliphatic rings. The SMILES string of the molecule is NCCNCc1cc(S(=O)(=O)O)c[nH]1. The first-order chi connectivity index (χ1) is 6.54. The van der Waals surface area contributed by atoms with Gasteiger partial charge in [0.25, 0.3) is 10.1 Å². The molecule has 1 rings (SSSR count). The molecule has 5 N–H and O–H groups in total. The second-order valence-corrected chi connectivity index (χ2v) is 4.22. The Hall–Kier alpha value is -0.890. The van der Waals surface area contributed by atoms with Crippen LogP contribution in [0.3, 0.4) is 0 Å². The average Bonchev–Trinajstić information content (AvgIpc) is 2.52. The van der Waals surface area contributed by atoms with Gasteiger partial charge < -0.3 is 16.0 Å². The highest BCUT2D eigenvalue weighted by molar-refractivity contribution is 7.85. The van der Waals surface area contributed by atoms with Crippen molar-refractivity contribution in [3.63, 3.8) is 0 Å². The zero-order valence-electron chi connectivity index (χ0n) is 7.53. The molecule has 1 aromatic heterocycles. The van der Waals surface area contributed by atoms with E-state index in [4.69, 9.17) is 10.3 Å². The van der Waals surface area contributed by atoms with E-state index in [1.807, 2.05) is 0 Å². The van der Waals surface area contributed by atoms with Gasteiger partial charge >= 0.3 is 0 Å². The molecule has 0 aromatic carbocycles. The summed E-state index contributed by atoms with van der Waals surface area (Å²) >= 11 is 0. The van der Waals surface area contributed by atoms with Gasteiger partial charge in [-0.05, 0) is 6.07 Å². The molecule has 0 aliphatic heterocycles. The van der Waals surface area contributed by atoms with Crippen LogP contribution in [0.25, 0.3) is 0 Å². The normalized spacial score (nSPS) is 11.9. The predicted octanol–water partition coefficient (Wildman–Crippen LogP) is -0.690. The Balaban J connectivity index is 2.60. The number of nitrogens with two attached hydrogens (primary N) is 1. The van der Waals surface area contributed by atoms with E-state index < -0.39 is 10.1 Å². The Morgan fingerprint density at radius 1 is 1.57 bits per heavy atom. The molecule has 6 nitrogen and oxygen atoms in total. The maximum atomic E-state index is 10.7. The summed E-state index contributed by atoms with van der Waals surface area (Å²) in [5, 5.41) is 2.98. The number of hydrogen-bond donors (Lipinski definition) is 4. The lowest BCUT2D eigenvalue weighted by Gasteiger charge is -1.98. The van der Waals surface area contributed by atoms with Gasteiger partial charge in [0.05, 0.1) is 0 Å². The van der Waals surface area contributed by atoms with E-state index in [0.29, 0.717) is 25.3 Å². The Kier molecular flexibility index (Phi) is 3.64. The molecule has 14 heavy (non-hydrogen) atoms. The molecule has 7 heteroatoms. The van der Waals surface area contributed by atoms with Crippen LogP contribution >= 0.6 is 0 Å². The fraction of sp³-hybridized carbons (Fsp3) is 0.429. The number of H-pyrrole nitrogens is 1. The maximum Gasteiger partial charge on any atom is 0.296 e. The molecule has 0 aliphatic carbocycles. The maximum absolute atomic E-state index is 10.7. The molecule has 0 spiro atoms. The van der Waals surface area contributed by atoms with Crippen LogP contribution in [0.1, 0.15) is 5.69 Å². The standard InChI is InChI=1S/C7H13N3O3S/c8-1-2-9-4-6-3-7(5-10-6)14(11,12)13/h3,5,9-10H,1-2,4,8H2,(H,11,12,13). The summed E-state index contributed by atoms with van der Waals surface area (Å²) in [5.41, 5.74) is 5.94. The quantitative estimate of drug-likeness (QED) is 0.387. The van der Waals surface area contributed by atoms with Gasteiger partial charge in [0.2, 0.25) is 0 Å². The lowest BCUT2D eigenvalue weighted by atomic mass is 10.4. The van der Waals surface area contributed by atoms with Crippen LogP contribution in [0.2, 0.25) is 0 Å². The third-order valence-electron chi connectivity index (χ3n) is 1.65. The first kappa shape index (κ1) is 11.2. The van der Waals surface area contributed by atoms with Crippen LogP contribution in [0.4, 0.5) is 0 Å². The fourth-order valence-electron chi connectivity index (χ4n) is 0.995. The minimum absolute atomic E-state index is 0.123. The predicted molar refractivity (Wildman–Crippen MR) is 51.4 cm³/mol. The molecule has 0 radical (unpaired) electrons. The van der Waals surface area contributed by atoms with Gasteiger partial charge in [-0.15, -0.1) is 0 Å². The van der Waals surface area contributed by atoms with E-state index in [0.717, 1.165) is 0 Å². The van der Waals surface area contributed by atoms with Crippen molar-refractivity contribution >= 4 is 10.1 Å². The first-order valence-corrected chi connectivity index (χ1v) is 5.53. The summed E-state index contributed by atoms with van der Waals surface area (Å²) in [6.07, 6.45) is 1.24. The lowest BCUT2D eigenvalue weighted by molar-refractivity contribution is 0.483. The smallest absolute Gasteiger partial charge is 0.296 e. The van der Waals surface area contributed by atoms with Crippen LogP contribution < -0.4 is 11.1 Å². The average molecular weight is 219 g/mol. The minimum Gasteiger partial charge on any atom is -0.363 e. The van der Waals surface area contributed by atoms with Gasteiger partial charge in [-0.3, -0.25) is 4.55 Å². The summed E-state index contributed by atoms with van der Waals surface area (Å²) in [6.45, 7) is 1.67. The summed E-state index contributed by atoms with van der Waals surface area (Å²) in [5.74, 6) is 0. The highest BCUT2D eigenvalue weighted by Gasteiger charge is 2.11. The van der Waals surface area contributed by atoms with Crippen molar-refractivity contribution in [2.24, 2.45) is 5.73 Å². The Labute approximate surface area is 82.3 Å². The Bertz CT molecular complexity index is 385. The van der Waals surface area contributed by atoms with E-state index in [9.17, 15) is 8.42 Å². The van der Waals surface area contributed by atoms with Gasteiger partial charge in [-0.1, -0.05) is 0 Å². The largest absolute Gasteiger partial charge is 0.363 e. The second-order valence-electron chi connectivity index (χ2n) is 2.80. The topological polar surface area (TPSA) is 108 Å². The second kappa shape index (κ2) is 4.56. The van der Waals surface area contributed by atoms with Crippen LogP contribution in [0.15, 0.2) is 17.2 Å². The molecular weight excluding hydrogens is 206 g/mol. The van der Waals surface area contributed by atoms with Gasteiger partial charge in [0.15, 0.2) is 0 Å². The van der Waals surface area contributed by atoms with Gasteiger partial charge in [0, 0.05) is 31.5 Å². The van der Waals surface area contributed by atoms with E-state index in [2.05, 4.69) is 10.3 Å². The van der Waals surface area contributed by atoms with Crippen molar-refractivity contribution in [2.75, 3.05) is 13.1 Å². The molecule has 0 unspecified atom stereocenters. The highest BCUT2D eigenvalue weighted by atomic mass is 32.2. The Morgan fingerprint density at radius 2 is 2.29 bits per heavy atom. The summed E-state index contributed by atoms with van der Waals surface area (Å²) in [6, 6.07) is 1.37. The molecule has 0 saturated carbocycles. The zero-order chi connectivity index (χ0) is 10.6. The first-order valence-electron chi connectivity index (χ1n) is 4.09. The van der Waals surface area contributed by atoms with Crippen molar-refractivity contribution < 1.29 is 13.0 Å². The number of aromatic nitrogens is 1. The fourth-order valence-corrected chi connectivity index (χ4v) is 1.49. The number of nitrogens with one attached hydrogen (secondary N) is 2. The van der Waals surface area contributed by atoms with E-state index >= 15 is 0 Å². The van der Waals surface area contributed by atoms with Crippen molar-refractivity contribution in [1.29, 1.82) is 0 Å². The molecule has 80 valence electrons. The summed E-state index contributed by atoms with van der Waals surface area (Å²) in [4.78, 5) is 2.61. The van der Waals surface area contributed by atoms with Crippen LogP contribution in [0.5, 0.6) is 0 Å². The van der Waals surface area contributed by atoms with Crippen molar-refractivity contribution in [3.8, 4) is 0 Å². The van der Waals surface area contributed by atoms with Crippen LogP contribution in [0, 0.1) is 0 Å². The third-order valence-corrected chi connectivity index (χ3v) is 2.48. The monoisotopic (exact) mass is 219 g/mol. The number of aromatic amines is 1. The van der Waals surface area contributed by atoms with E-state index in [1.54, 1.807) is 0 Å². The molecule has 0 amide bonds. The minimum atomic E-state index is -4.10. The lowest BCUT2D eigenvalue weighted by Crippen LogP contribution is -2.21. The van der Waals surface area contributed by atoms with Crippen molar-refractivity contribution in [3.05, 3.63) is 18.0 Å². The highest BCUT2D eigenvalue weighted by Crippen LogP contribution is 2.09. The molecule has 1 heterocycles. The van der Waals surface area contributed by atoms with E-state index in [1.165, 1.54) is 12.3 Å². The third kappa shape index (κ3) is 3.11. The van der Waals surface area contributed by atoms with Gasteiger partial charge in [-0.25, -0.2) is 0 Å². The van der Waals surface area contributed by atoms with Crippen molar-refractivity contribution in [2.45, 2.75) is 11.4 Å². The summed E-state index contributed by atoms with van der Waals surface area (Å²) < 4.78 is 30.0. The molecular formula is C7H13N3O3S. The van der Waals surface area contributed by atoms with Gasteiger partial charge in [0.1, 0.15) is 4.90 Å². The molecule has 1 aromatic rings. The molecule has 0 atom stereocenters. The Morgan fingerprint density at radius 3 is 2.79 bits per heavy atom. The molecule has 0 saturated heterocycles. The molecule has 0 fully saturated rings. The molecule has 0 bridgehead atoms. The zero-order valence-corrected chi connectivity index (χ0v) is 8.34. The number of rotatable bonds is 5. The summed E-state index contributed by atoms with van der Waals surface area (Å²) in [7, 11) is -4.10. The van der Waals surface area contributed by atoms with Gasteiger partial charge in [-0.2, -0.15) is 8.42 Å². The van der Waals surface area contributed by atoms with Crippen LogP contribution in [-0.4, -0.2) is 31.0 Å². The number of hydrogen-bond acceptors (Lipinski definition) is 4. The van der Waals surface area contributed by atoms with Crippen LogP contribution in [-0.2, 0) is 16.7 Å². The van der Waals surface area contributed by atoms with Crippen molar-refractivity contribution in [1.82, 2.24) is 10.3 Å². The van der Waals surface area contributed by atoms with E-state index in [-0.39, 0.29) is 4.90 Å².